The summed E-state index contributed by atoms with van der Waals surface area (Å²) in [5, 5.41) is 9.18. The van der Waals surface area contributed by atoms with Gasteiger partial charge in [-0.1, -0.05) is 33.4 Å². The van der Waals surface area contributed by atoms with Crippen LogP contribution >= 0.6 is 11.3 Å². The molecule has 1 fully saturated rings. The molecule has 0 radical (unpaired) electrons. The number of imidazole rings is 1. The number of carbonyl (C=O) groups excluding carboxylic acids is 2. The van der Waals surface area contributed by atoms with Crippen molar-refractivity contribution in [3.63, 3.8) is 0 Å². The van der Waals surface area contributed by atoms with Gasteiger partial charge in [0.05, 0.1) is 20.8 Å². The summed E-state index contributed by atoms with van der Waals surface area (Å²) in [6.45, 7) is 11.5. The van der Waals surface area contributed by atoms with E-state index in [0.717, 1.165) is 34.5 Å². The standard InChI is InChI=1S/C26H31F2N5O2S/c1-5-22(34)30-16-11-17(12-16)33-19-7-6-15(13-29-14-26(2,3)4)10-18(19)31-25(33)32-24(35)21-9-8-20(36-21)23(27)28/h5-10,16-17,23,29H,1,11-14H2,2-4H3,(H,30,34)(H,31,32,35). The fraction of sp³-hybridized carbons (Fsp3) is 0.423. The lowest BCUT2D eigenvalue weighted by atomic mass is 9.86. The monoisotopic (exact) mass is 515 g/mol. The predicted molar refractivity (Wildman–Crippen MR) is 139 cm³/mol. The van der Waals surface area contributed by atoms with Gasteiger partial charge in [0.25, 0.3) is 12.3 Å². The first kappa shape index (κ1) is 26.0. The van der Waals surface area contributed by atoms with Crippen LogP contribution in [0.1, 0.15) is 66.2 Å². The number of nitrogens with zero attached hydrogens (tertiary/aromatic N) is 2. The van der Waals surface area contributed by atoms with Crippen molar-refractivity contribution in [2.24, 2.45) is 5.41 Å². The topological polar surface area (TPSA) is 88.1 Å². The van der Waals surface area contributed by atoms with Crippen LogP contribution in [0.4, 0.5) is 14.7 Å². The van der Waals surface area contributed by atoms with Crippen molar-refractivity contribution in [3.8, 4) is 0 Å². The van der Waals surface area contributed by atoms with Gasteiger partial charge in [-0.05, 0) is 54.2 Å². The Labute approximate surface area is 213 Å². The molecule has 2 heterocycles. The normalized spacial score (nSPS) is 17.7. The summed E-state index contributed by atoms with van der Waals surface area (Å²) in [4.78, 5) is 29.3. The molecule has 4 rings (SSSR count). The van der Waals surface area contributed by atoms with Crippen LogP contribution < -0.4 is 16.0 Å². The maximum absolute atomic E-state index is 13.0. The van der Waals surface area contributed by atoms with Crippen LogP contribution in [0.2, 0.25) is 0 Å². The highest BCUT2D eigenvalue weighted by Crippen LogP contribution is 2.38. The summed E-state index contributed by atoms with van der Waals surface area (Å²) in [6, 6.07) is 8.71. The smallest absolute Gasteiger partial charge is 0.272 e. The molecule has 1 aliphatic rings. The second-order valence-electron chi connectivity index (χ2n) is 10.3. The lowest BCUT2D eigenvalue weighted by molar-refractivity contribution is -0.117. The number of hydrogen-bond acceptors (Lipinski definition) is 5. The minimum absolute atomic E-state index is 0.00766. The average Bonchev–Trinajstić information content (AvgIpc) is 3.40. The maximum Gasteiger partial charge on any atom is 0.272 e. The molecule has 36 heavy (non-hydrogen) atoms. The number of nitrogens with one attached hydrogen (secondary N) is 3. The molecule has 2 amide bonds. The number of fused-ring (bicyclic) bond motifs is 1. The molecule has 0 bridgehead atoms. The Morgan fingerprint density at radius 2 is 2.00 bits per heavy atom. The zero-order valence-corrected chi connectivity index (χ0v) is 21.4. The molecule has 1 aromatic carbocycles. The van der Waals surface area contributed by atoms with E-state index in [0.29, 0.717) is 25.3 Å². The Bertz CT molecular complexity index is 1270. The van der Waals surface area contributed by atoms with E-state index >= 15 is 0 Å². The van der Waals surface area contributed by atoms with Crippen LogP contribution in [0.3, 0.4) is 0 Å². The molecule has 0 unspecified atom stereocenters. The van der Waals surface area contributed by atoms with Crippen molar-refractivity contribution < 1.29 is 18.4 Å². The molecule has 0 spiro atoms. The van der Waals surface area contributed by atoms with Crippen LogP contribution in [0, 0.1) is 5.41 Å². The summed E-state index contributed by atoms with van der Waals surface area (Å²) in [7, 11) is 0. The molecular weight excluding hydrogens is 484 g/mol. The van der Waals surface area contributed by atoms with E-state index in [1.54, 1.807) is 0 Å². The highest BCUT2D eigenvalue weighted by Gasteiger charge is 2.34. The third-order valence-electron chi connectivity index (χ3n) is 6.04. The molecule has 10 heteroatoms. The van der Waals surface area contributed by atoms with Gasteiger partial charge in [0.15, 0.2) is 0 Å². The van der Waals surface area contributed by atoms with Gasteiger partial charge in [-0.3, -0.25) is 14.9 Å². The molecule has 1 aliphatic carbocycles. The number of alkyl halides is 2. The average molecular weight is 516 g/mol. The summed E-state index contributed by atoms with van der Waals surface area (Å²) in [5.74, 6) is -0.339. The predicted octanol–water partition coefficient (Wildman–Crippen LogP) is 5.43. The molecule has 2 aromatic heterocycles. The second kappa shape index (κ2) is 10.5. The van der Waals surface area contributed by atoms with E-state index in [9.17, 15) is 18.4 Å². The van der Waals surface area contributed by atoms with Gasteiger partial charge in [0.2, 0.25) is 11.9 Å². The molecule has 3 N–H and O–H groups in total. The minimum atomic E-state index is -2.62. The maximum atomic E-state index is 13.0. The number of aromatic nitrogens is 2. The summed E-state index contributed by atoms with van der Waals surface area (Å²) < 4.78 is 28.0. The number of anilines is 1. The van der Waals surface area contributed by atoms with Crippen LogP contribution in [0.15, 0.2) is 43.0 Å². The number of rotatable bonds is 9. The van der Waals surface area contributed by atoms with Gasteiger partial charge in [-0.15, -0.1) is 11.3 Å². The highest BCUT2D eigenvalue weighted by molar-refractivity contribution is 7.14. The summed E-state index contributed by atoms with van der Waals surface area (Å²) in [6.07, 6.45) is -0.0198. The molecule has 3 aromatic rings. The molecule has 0 saturated heterocycles. The highest BCUT2D eigenvalue weighted by atomic mass is 32.1. The fourth-order valence-electron chi connectivity index (χ4n) is 4.23. The van der Waals surface area contributed by atoms with Crippen LogP contribution in [-0.2, 0) is 11.3 Å². The van der Waals surface area contributed by atoms with Crippen LogP contribution in [0.5, 0.6) is 0 Å². The van der Waals surface area contributed by atoms with E-state index in [-0.39, 0.29) is 33.2 Å². The first-order chi connectivity index (χ1) is 17.0. The van der Waals surface area contributed by atoms with Crippen molar-refractivity contribution in [1.29, 1.82) is 0 Å². The van der Waals surface area contributed by atoms with E-state index in [1.165, 1.54) is 18.2 Å². The van der Waals surface area contributed by atoms with E-state index in [1.807, 2.05) is 22.8 Å². The summed E-state index contributed by atoms with van der Waals surface area (Å²) in [5.41, 5.74) is 2.83. The van der Waals surface area contributed by atoms with E-state index < -0.39 is 12.3 Å². The minimum Gasteiger partial charge on any atom is -0.350 e. The first-order valence-corrected chi connectivity index (χ1v) is 12.7. The van der Waals surface area contributed by atoms with Crippen molar-refractivity contribution in [3.05, 3.63) is 58.3 Å². The molecule has 1 saturated carbocycles. The zero-order chi connectivity index (χ0) is 26.0. The third-order valence-corrected chi connectivity index (χ3v) is 7.13. The molecule has 192 valence electrons. The van der Waals surface area contributed by atoms with E-state index in [2.05, 4.69) is 43.3 Å². The lowest BCUT2D eigenvalue weighted by Crippen LogP contribution is -2.44. The lowest BCUT2D eigenvalue weighted by Gasteiger charge is -2.37. The van der Waals surface area contributed by atoms with Gasteiger partial charge >= 0.3 is 0 Å². The van der Waals surface area contributed by atoms with Crippen molar-refractivity contribution in [1.82, 2.24) is 20.2 Å². The number of halogens is 2. The van der Waals surface area contributed by atoms with Gasteiger partial charge in [-0.2, -0.15) is 0 Å². The van der Waals surface area contributed by atoms with E-state index in [4.69, 9.17) is 4.98 Å². The number of thiophene rings is 1. The molecule has 7 nitrogen and oxygen atoms in total. The van der Waals surface area contributed by atoms with Crippen LogP contribution in [0.25, 0.3) is 11.0 Å². The summed E-state index contributed by atoms with van der Waals surface area (Å²) >= 11 is 0.768. The third kappa shape index (κ3) is 5.99. The zero-order valence-electron chi connectivity index (χ0n) is 20.6. The Morgan fingerprint density at radius 3 is 2.64 bits per heavy atom. The fourth-order valence-corrected chi connectivity index (χ4v) is 4.98. The first-order valence-electron chi connectivity index (χ1n) is 11.9. The number of benzene rings is 1. The Hall–Kier alpha value is -3.11. The van der Waals surface area contributed by atoms with Gasteiger partial charge < -0.3 is 15.2 Å². The number of carbonyl (C=O) groups is 2. The Morgan fingerprint density at radius 1 is 1.25 bits per heavy atom. The van der Waals surface area contributed by atoms with Crippen molar-refractivity contribution >= 4 is 40.1 Å². The quantitative estimate of drug-likeness (QED) is 0.332. The van der Waals surface area contributed by atoms with Gasteiger partial charge in [-0.25, -0.2) is 13.8 Å². The second-order valence-corrected chi connectivity index (χ2v) is 11.4. The molecule has 0 atom stereocenters. The van der Waals surface area contributed by atoms with Crippen molar-refractivity contribution in [2.45, 2.75) is 58.7 Å². The van der Waals surface area contributed by atoms with Crippen molar-refractivity contribution in [2.75, 3.05) is 11.9 Å². The largest absolute Gasteiger partial charge is 0.350 e. The number of amides is 2. The number of hydrogen-bond donors (Lipinski definition) is 3. The Kier molecular flexibility index (Phi) is 7.56. The molecule has 0 aliphatic heterocycles. The van der Waals surface area contributed by atoms with Gasteiger partial charge in [0.1, 0.15) is 0 Å². The molecular formula is C26H31F2N5O2S. The Balaban J connectivity index is 1.59. The van der Waals surface area contributed by atoms with Gasteiger partial charge in [0, 0.05) is 25.2 Å². The SMILES string of the molecule is C=CC(=O)NC1CC(n2c(NC(=O)c3ccc(C(F)F)s3)nc3cc(CNCC(C)(C)C)ccc32)C1. The van der Waals surface area contributed by atoms with Crippen LogP contribution in [-0.4, -0.2) is 34.0 Å².